The summed E-state index contributed by atoms with van der Waals surface area (Å²) >= 11 is 1.56. The number of aliphatic carboxylic acids is 1. The van der Waals surface area contributed by atoms with Gasteiger partial charge in [0.05, 0.1) is 6.42 Å². The zero-order valence-electron chi connectivity index (χ0n) is 11.5. The number of thiophene rings is 1. The van der Waals surface area contributed by atoms with Crippen molar-refractivity contribution in [2.45, 2.75) is 13.3 Å². The van der Waals surface area contributed by atoms with E-state index >= 15 is 0 Å². The van der Waals surface area contributed by atoms with Crippen molar-refractivity contribution in [2.75, 3.05) is 5.32 Å². The molecule has 2 aromatic rings. The highest BCUT2D eigenvalue weighted by molar-refractivity contribution is 7.08. The van der Waals surface area contributed by atoms with Gasteiger partial charge in [0.2, 0.25) is 5.91 Å². The second-order valence-corrected chi connectivity index (χ2v) is 5.38. The Labute approximate surface area is 126 Å². The van der Waals surface area contributed by atoms with E-state index in [-0.39, 0.29) is 5.91 Å². The monoisotopic (exact) mass is 301 g/mol. The van der Waals surface area contributed by atoms with Crippen LogP contribution in [0.4, 0.5) is 5.69 Å². The first-order valence-corrected chi connectivity index (χ1v) is 7.31. The van der Waals surface area contributed by atoms with Gasteiger partial charge in [0.15, 0.2) is 0 Å². The molecule has 108 valence electrons. The third-order valence-electron chi connectivity index (χ3n) is 2.90. The maximum Gasteiger partial charge on any atom is 0.328 e. The van der Waals surface area contributed by atoms with Crippen molar-refractivity contribution in [3.8, 4) is 0 Å². The molecule has 2 N–H and O–H groups in total. The molecule has 0 aliphatic rings. The van der Waals surface area contributed by atoms with Gasteiger partial charge in [0, 0.05) is 11.8 Å². The van der Waals surface area contributed by atoms with Crippen LogP contribution >= 0.6 is 11.3 Å². The summed E-state index contributed by atoms with van der Waals surface area (Å²) in [6.45, 7) is 1.89. The first kappa shape index (κ1) is 15.0. The first-order chi connectivity index (χ1) is 10.0. The van der Waals surface area contributed by atoms with Crippen LogP contribution in [0.5, 0.6) is 0 Å². The van der Waals surface area contributed by atoms with Gasteiger partial charge in [-0.2, -0.15) is 11.3 Å². The number of nitrogens with one attached hydrogen (secondary N) is 1. The van der Waals surface area contributed by atoms with Crippen LogP contribution in [0, 0.1) is 6.92 Å². The van der Waals surface area contributed by atoms with E-state index in [0.29, 0.717) is 12.1 Å². The van der Waals surface area contributed by atoms with Crippen molar-refractivity contribution in [3.05, 3.63) is 57.8 Å². The summed E-state index contributed by atoms with van der Waals surface area (Å²) in [5.41, 5.74) is 3.34. The SMILES string of the molecule is Cc1ccc(C=CC(=O)O)cc1NC(=O)Cc1ccsc1. The second-order valence-electron chi connectivity index (χ2n) is 4.60. The molecule has 21 heavy (non-hydrogen) atoms. The van der Waals surface area contributed by atoms with Crippen molar-refractivity contribution in [2.24, 2.45) is 0 Å². The minimum atomic E-state index is -1.00. The van der Waals surface area contributed by atoms with Crippen LogP contribution in [0.15, 0.2) is 41.1 Å². The number of benzene rings is 1. The van der Waals surface area contributed by atoms with Crippen LogP contribution in [0.3, 0.4) is 0 Å². The van der Waals surface area contributed by atoms with Crippen molar-refractivity contribution >= 4 is 35.0 Å². The zero-order chi connectivity index (χ0) is 15.2. The molecule has 1 aromatic heterocycles. The first-order valence-electron chi connectivity index (χ1n) is 6.37. The topological polar surface area (TPSA) is 66.4 Å². The lowest BCUT2D eigenvalue weighted by Crippen LogP contribution is -2.14. The number of hydrogen-bond donors (Lipinski definition) is 2. The summed E-state index contributed by atoms with van der Waals surface area (Å²) in [6, 6.07) is 7.34. The van der Waals surface area contributed by atoms with Crippen LogP contribution in [0.2, 0.25) is 0 Å². The summed E-state index contributed by atoms with van der Waals surface area (Å²) in [5, 5.41) is 15.4. The Bertz CT molecular complexity index is 675. The molecule has 0 spiro atoms. The van der Waals surface area contributed by atoms with Crippen molar-refractivity contribution in [1.82, 2.24) is 0 Å². The van der Waals surface area contributed by atoms with Gasteiger partial charge in [-0.15, -0.1) is 0 Å². The molecule has 5 heteroatoms. The van der Waals surface area contributed by atoms with E-state index in [1.165, 1.54) is 6.08 Å². The molecular formula is C16H15NO3S. The molecule has 0 atom stereocenters. The van der Waals surface area contributed by atoms with Gasteiger partial charge in [0.25, 0.3) is 0 Å². The van der Waals surface area contributed by atoms with Crippen molar-refractivity contribution < 1.29 is 14.7 Å². The minimum Gasteiger partial charge on any atom is -0.478 e. The number of carboxylic acid groups (broad SMARTS) is 1. The van der Waals surface area contributed by atoms with Gasteiger partial charge in [-0.05, 0) is 52.6 Å². The van der Waals surface area contributed by atoms with E-state index in [9.17, 15) is 9.59 Å². The standard InChI is InChI=1S/C16H15NO3S/c1-11-2-3-12(4-5-16(19)20)8-14(11)17-15(18)9-13-6-7-21-10-13/h2-8,10H,9H2,1H3,(H,17,18)(H,19,20). The van der Waals surface area contributed by atoms with E-state index in [4.69, 9.17) is 5.11 Å². The lowest BCUT2D eigenvalue weighted by Gasteiger charge is -2.09. The number of carbonyl (C=O) groups excluding carboxylic acids is 1. The van der Waals surface area contributed by atoms with Crippen LogP contribution in [0.25, 0.3) is 6.08 Å². The zero-order valence-corrected chi connectivity index (χ0v) is 12.3. The Kier molecular flexibility index (Phi) is 4.90. The third-order valence-corrected chi connectivity index (χ3v) is 3.63. The largest absolute Gasteiger partial charge is 0.478 e. The summed E-state index contributed by atoms with van der Waals surface area (Å²) in [7, 11) is 0. The predicted molar refractivity (Wildman–Crippen MR) is 84.5 cm³/mol. The molecule has 1 aromatic carbocycles. The Balaban J connectivity index is 2.09. The summed E-state index contributed by atoms with van der Waals surface area (Å²) < 4.78 is 0. The lowest BCUT2D eigenvalue weighted by molar-refractivity contribution is -0.131. The molecule has 0 bridgehead atoms. The van der Waals surface area contributed by atoms with E-state index in [1.54, 1.807) is 17.4 Å². The van der Waals surface area contributed by atoms with Crippen LogP contribution < -0.4 is 5.32 Å². The molecule has 0 unspecified atom stereocenters. The highest BCUT2D eigenvalue weighted by Gasteiger charge is 2.07. The van der Waals surface area contributed by atoms with Gasteiger partial charge in [-0.25, -0.2) is 4.79 Å². The number of hydrogen-bond acceptors (Lipinski definition) is 3. The Morgan fingerprint density at radius 3 is 2.81 bits per heavy atom. The molecule has 2 rings (SSSR count). The second kappa shape index (κ2) is 6.85. The molecule has 0 aliphatic carbocycles. The molecule has 0 saturated heterocycles. The van der Waals surface area contributed by atoms with E-state index < -0.39 is 5.97 Å². The number of carbonyl (C=O) groups is 2. The van der Waals surface area contributed by atoms with Crippen molar-refractivity contribution in [3.63, 3.8) is 0 Å². The Morgan fingerprint density at radius 1 is 1.33 bits per heavy atom. The molecule has 0 aliphatic heterocycles. The maximum atomic E-state index is 12.0. The number of rotatable bonds is 5. The van der Waals surface area contributed by atoms with Crippen LogP contribution in [-0.4, -0.2) is 17.0 Å². The molecule has 1 heterocycles. The molecular weight excluding hydrogens is 286 g/mol. The molecule has 4 nitrogen and oxygen atoms in total. The van der Waals surface area contributed by atoms with Gasteiger partial charge < -0.3 is 10.4 Å². The third kappa shape index (κ3) is 4.57. The van der Waals surface area contributed by atoms with Crippen LogP contribution in [-0.2, 0) is 16.0 Å². The summed E-state index contributed by atoms with van der Waals surface area (Å²) in [6.07, 6.45) is 2.90. The highest BCUT2D eigenvalue weighted by Crippen LogP contribution is 2.18. The van der Waals surface area contributed by atoms with Crippen LogP contribution in [0.1, 0.15) is 16.7 Å². The fourth-order valence-corrected chi connectivity index (χ4v) is 2.49. The number of carboxylic acids is 1. The fraction of sp³-hybridized carbons (Fsp3) is 0.125. The molecule has 1 amide bonds. The lowest BCUT2D eigenvalue weighted by atomic mass is 10.1. The number of aryl methyl sites for hydroxylation is 1. The van der Waals surface area contributed by atoms with Gasteiger partial charge >= 0.3 is 5.97 Å². The summed E-state index contributed by atoms with van der Waals surface area (Å²) in [5.74, 6) is -1.09. The molecule has 0 saturated carbocycles. The molecule has 0 fully saturated rings. The maximum absolute atomic E-state index is 12.0. The van der Waals surface area contributed by atoms with E-state index in [2.05, 4.69) is 5.32 Å². The quantitative estimate of drug-likeness (QED) is 0.832. The smallest absolute Gasteiger partial charge is 0.328 e. The van der Waals surface area contributed by atoms with Gasteiger partial charge in [0.1, 0.15) is 0 Å². The average molecular weight is 301 g/mol. The van der Waals surface area contributed by atoms with E-state index in [0.717, 1.165) is 22.8 Å². The minimum absolute atomic E-state index is 0.0872. The Morgan fingerprint density at radius 2 is 2.14 bits per heavy atom. The van der Waals surface area contributed by atoms with Gasteiger partial charge in [-0.3, -0.25) is 4.79 Å². The number of amides is 1. The van der Waals surface area contributed by atoms with Gasteiger partial charge in [-0.1, -0.05) is 12.1 Å². The highest BCUT2D eigenvalue weighted by atomic mass is 32.1. The fourth-order valence-electron chi connectivity index (χ4n) is 1.82. The normalized spacial score (nSPS) is 10.7. The van der Waals surface area contributed by atoms with Crippen molar-refractivity contribution in [1.29, 1.82) is 0 Å². The number of anilines is 1. The predicted octanol–water partition coefficient (Wildman–Crippen LogP) is 3.34. The van der Waals surface area contributed by atoms with E-state index in [1.807, 2.05) is 35.9 Å². The Hall–Kier alpha value is -2.40. The molecule has 0 radical (unpaired) electrons. The summed E-state index contributed by atoms with van der Waals surface area (Å²) in [4.78, 5) is 22.5. The average Bonchev–Trinajstić information content (AvgIpc) is 2.92.